The Kier molecular flexibility index (Phi) is 5.63. The van der Waals surface area contributed by atoms with Gasteiger partial charge in [0.05, 0.1) is 13.2 Å². The minimum absolute atomic E-state index is 0.192. The minimum atomic E-state index is 0.192. The lowest BCUT2D eigenvalue weighted by Gasteiger charge is -2.35. The highest BCUT2D eigenvalue weighted by atomic mass is 16.5. The third-order valence-electron chi connectivity index (χ3n) is 3.48. The van der Waals surface area contributed by atoms with E-state index in [1.165, 1.54) is 6.42 Å². The molecule has 2 N–H and O–H groups in total. The van der Waals surface area contributed by atoms with Crippen LogP contribution in [0.4, 0.5) is 0 Å². The van der Waals surface area contributed by atoms with E-state index in [0.29, 0.717) is 17.4 Å². The second kappa shape index (κ2) is 6.36. The number of nitrogens with one attached hydrogen (secondary N) is 2. The van der Waals surface area contributed by atoms with E-state index in [9.17, 15) is 0 Å². The van der Waals surface area contributed by atoms with Gasteiger partial charge in [0.1, 0.15) is 0 Å². The first-order chi connectivity index (χ1) is 8.23. The Morgan fingerprint density at radius 1 is 1.11 bits per heavy atom. The van der Waals surface area contributed by atoms with Gasteiger partial charge in [0, 0.05) is 24.0 Å². The molecule has 2 atom stereocenters. The van der Waals surface area contributed by atoms with E-state index in [4.69, 9.17) is 4.74 Å². The largest absolute Gasteiger partial charge is 0.379 e. The van der Waals surface area contributed by atoms with Crippen molar-refractivity contribution in [1.29, 1.82) is 0 Å². The number of hydrogen-bond donors (Lipinski definition) is 2. The number of rotatable bonds is 6. The van der Waals surface area contributed by atoms with E-state index >= 15 is 0 Å². The second-order valence-corrected chi connectivity index (χ2v) is 7.46. The van der Waals surface area contributed by atoms with Crippen molar-refractivity contribution in [2.75, 3.05) is 26.3 Å². The van der Waals surface area contributed by atoms with E-state index in [-0.39, 0.29) is 5.54 Å². The van der Waals surface area contributed by atoms with Gasteiger partial charge in [-0.05, 0) is 32.2 Å². The highest BCUT2D eigenvalue weighted by molar-refractivity contribution is 4.88. The first-order valence-electron chi connectivity index (χ1n) is 7.30. The summed E-state index contributed by atoms with van der Waals surface area (Å²) < 4.78 is 5.59. The highest BCUT2D eigenvalue weighted by Gasteiger charge is 2.30. The SMILES string of the molecule is CCNC1COCC1CNC(C)(C)CC(C)(C)C. The standard InChI is InChI=1S/C15H32N2O/c1-7-16-13-10-18-9-12(13)8-17-15(5,6)11-14(2,3)4/h12-13,16-17H,7-11H2,1-6H3. The number of hydrogen-bond acceptors (Lipinski definition) is 3. The van der Waals surface area contributed by atoms with Crippen molar-refractivity contribution in [2.45, 2.75) is 59.5 Å². The molecule has 0 aromatic rings. The fourth-order valence-electron chi connectivity index (χ4n) is 3.08. The van der Waals surface area contributed by atoms with Gasteiger partial charge in [-0.25, -0.2) is 0 Å². The summed E-state index contributed by atoms with van der Waals surface area (Å²) in [6.45, 7) is 17.5. The summed E-state index contributed by atoms with van der Waals surface area (Å²) in [4.78, 5) is 0. The lowest BCUT2D eigenvalue weighted by Crippen LogP contribution is -2.48. The zero-order valence-corrected chi connectivity index (χ0v) is 13.1. The van der Waals surface area contributed by atoms with Gasteiger partial charge in [0.25, 0.3) is 0 Å². The van der Waals surface area contributed by atoms with Crippen LogP contribution in [-0.2, 0) is 4.74 Å². The molecule has 2 unspecified atom stereocenters. The maximum absolute atomic E-state index is 5.59. The van der Waals surface area contributed by atoms with Crippen molar-refractivity contribution >= 4 is 0 Å². The van der Waals surface area contributed by atoms with Gasteiger partial charge < -0.3 is 15.4 Å². The lowest BCUT2D eigenvalue weighted by molar-refractivity contribution is 0.177. The van der Waals surface area contributed by atoms with Crippen molar-refractivity contribution in [2.24, 2.45) is 11.3 Å². The first-order valence-corrected chi connectivity index (χ1v) is 7.30. The molecule has 0 bridgehead atoms. The number of likely N-dealkylation sites (N-methyl/N-ethyl adjacent to an activating group) is 1. The Bertz CT molecular complexity index is 245. The summed E-state index contributed by atoms with van der Waals surface area (Å²) in [5.74, 6) is 0.601. The predicted molar refractivity (Wildman–Crippen MR) is 77.9 cm³/mol. The second-order valence-electron chi connectivity index (χ2n) is 7.46. The molecular weight excluding hydrogens is 224 g/mol. The van der Waals surface area contributed by atoms with Crippen LogP contribution < -0.4 is 10.6 Å². The van der Waals surface area contributed by atoms with Crippen LogP contribution >= 0.6 is 0 Å². The third-order valence-corrected chi connectivity index (χ3v) is 3.48. The van der Waals surface area contributed by atoms with Crippen LogP contribution in [0.2, 0.25) is 0 Å². The fraction of sp³-hybridized carbons (Fsp3) is 1.00. The summed E-state index contributed by atoms with van der Waals surface area (Å²) in [5.41, 5.74) is 0.557. The Morgan fingerprint density at radius 3 is 2.33 bits per heavy atom. The zero-order chi connectivity index (χ0) is 13.8. The summed E-state index contributed by atoms with van der Waals surface area (Å²) in [6, 6.07) is 0.521. The van der Waals surface area contributed by atoms with Gasteiger partial charge in [0.2, 0.25) is 0 Å². The van der Waals surface area contributed by atoms with Gasteiger partial charge in [-0.3, -0.25) is 0 Å². The minimum Gasteiger partial charge on any atom is -0.379 e. The summed E-state index contributed by atoms with van der Waals surface area (Å²) in [6.07, 6.45) is 1.18. The Hall–Kier alpha value is -0.120. The van der Waals surface area contributed by atoms with Gasteiger partial charge in [-0.1, -0.05) is 27.7 Å². The van der Waals surface area contributed by atoms with Crippen LogP contribution in [0.5, 0.6) is 0 Å². The Labute approximate surface area is 113 Å². The van der Waals surface area contributed by atoms with Crippen molar-refractivity contribution < 1.29 is 4.74 Å². The fourth-order valence-corrected chi connectivity index (χ4v) is 3.08. The predicted octanol–water partition coefficient (Wildman–Crippen LogP) is 2.42. The molecule has 1 heterocycles. The van der Waals surface area contributed by atoms with Crippen LogP contribution in [0, 0.1) is 11.3 Å². The van der Waals surface area contributed by atoms with Crippen molar-refractivity contribution in [3.8, 4) is 0 Å². The average Bonchev–Trinajstić information content (AvgIpc) is 2.59. The van der Waals surface area contributed by atoms with Gasteiger partial charge in [-0.15, -0.1) is 0 Å². The smallest absolute Gasteiger partial charge is 0.0623 e. The molecule has 1 aliphatic rings. The maximum atomic E-state index is 5.59. The number of ether oxygens (including phenoxy) is 1. The monoisotopic (exact) mass is 256 g/mol. The topological polar surface area (TPSA) is 33.3 Å². The van der Waals surface area contributed by atoms with Gasteiger partial charge in [0.15, 0.2) is 0 Å². The lowest BCUT2D eigenvalue weighted by atomic mass is 9.81. The van der Waals surface area contributed by atoms with Crippen molar-refractivity contribution in [1.82, 2.24) is 10.6 Å². The molecule has 1 saturated heterocycles. The normalized spacial score (nSPS) is 25.7. The maximum Gasteiger partial charge on any atom is 0.0623 e. The molecule has 3 heteroatoms. The molecule has 3 nitrogen and oxygen atoms in total. The molecule has 1 rings (SSSR count). The third kappa shape index (κ3) is 5.68. The van der Waals surface area contributed by atoms with Gasteiger partial charge in [-0.2, -0.15) is 0 Å². The van der Waals surface area contributed by atoms with E-state index in [1.54, 1.807) is 0 Å². The molecule has 0 aromatic heterocycles. The van der Waals surface area contributed by atoms with Crippen LogP contribution in [0.15, 0.2) is 0 Å². The summed E-state index contributed by atoms with van der Waals surface area (Å²) in [7, 11) is 0. The molecule has 108 valence electrons. The molecule has 1 aliphatic heterocycles. The van der Waals surface area contributed by atoms with Crippen molar-refractivity contribution in [3.05, 3.63) is 0 Å². The zero-order valence-electron chi connectivity index (χ0n) is 13.1. The molecule has 18 heavy (non-hydrogen) atoms. The molecular formula is C15H32N2O. The van der Waals surface area contributed by atoms with Crippen LogP contribution in [0.1, 0.15) is 48.0 Å². The van der Waals surface area contributed by atoms with Crippen LogP contribution in [-0.4, -0.2) is 37.9 Å². The van der Waals surface area contributed by atoms with E-state index in [2.05, 4.69) is 52.2 Å². The van der Waals surface area contributed by atoms with E-state index in [1.807, 2.05) is 0 Å². The summed E-state index contributed by atoms with van der Waals surface area (Å²) in [5, 5.41) is 7.24. The van der Waals surface area contributed by atoms with E-state index in [0.717, 1.165) is 26.3 Å². The molecule has 0 aromatic carbocycles. The molecule has 0 radical (unpaired) electrons. The van der Waals surface area contributed by atoms with Crippen LogP contribution in [0.3, 0.4) is 0 Å². The molecule has 0 spiro atoms. The van der Waals surface area contributed by atoms with Gasteiger partial charge >= 0.3 is 0 Å². The molecule has 0 saturated carbocycles. The Balaban J connectivity index is 2.39. The Morgan fingerprint density at radius 2 is 1.78 bits per heavy atom. The van der Waals surface area contributed by atoms with E-state index < -0.39 is 0 Å². The highest BCUT2D eigenvalue weighted by Crippen LogP contribution is 2.27. The summed E-state index contributed by atoms with van der Waals surface area (Å²) >= 11 is 0. The quantitative estimate of drug-likeness (QED) is 0.766. The first kappa shape index (κ1) is 15.9. The molecule has 0 aliphatic carbocycles. The molecule has 0 amide bonds. The van der Waals surface area contributed by atoms with Crippen molar-refractivity contribution in [3.63, 3.8) is 0 Å². The average molecular weight is 256 g/mol. The van der Waals surface area contributed by atoms with Crippen LogP contribution in [0.25, 0.3) is 0 Å². The molecule has 1 fully saturated rings.